The van der Waals surface area contributed by atoms with Gasteiger partial charge in [-0.25, -0.2) is 0 Å². The van der Waals surface area contributed by atoms with Crippen LogP contribution >= 0.6 is 0 Å². The first kappa shape index (κ1) is 21.6. The quantitative estimate of drug-likeness (QED) is 0.347. The second-order valence-corrected chi connectivity index (χ2v) is 5.76. The number of hydrogen-bond donors (Lipinski definition) is 1. The topological polar surface area (TPSA) is 23.9 Å². The summed E-state index contributed by atoms with van der Waals surface area (Å²) in [5, 5.41) is 7.05. The lowest BCUT2D eigenvalue weighted by atomic mass is 10.2. The third kappa shape index (κ3) is 13.3. The average Bonchev–Trinajstić information content (AvgIpc) is 2.52. The Morgan fingerprint density at radius 1 is 0.667 bits per heavy atom. The highest BCUT2D eigenvalue weighted by molar-refractivity contribution is 5.57. The van der Waals surface area contributed by atoms with Crippen molar-refractivity contribution in [2.75, 3.05) is 0 Å². The fraction of sp³-hybridized carbons (Fsp3) is 0.261. The fourth-order valence-corrected chi connectivity index (χ4v) is 1.79. The molecule has 24 heavy (non-hydrogen) atoms. The van der Waals surface area contributed by atoms with Gasteiger partial charge >= 0.3 is 0 Å². The molecule has 0 fully saturated rings. The van der Waals surface area contributed by atoms with Gasteiger partial charge in [0.25, 0.3) is 0 Å². The zero-order valence-corrected chi connectivity index (χ0v) is 15.7. The summed E-state index contributed by atoms with van der Waals surface area (Å²) in [4.78, 5) is 0. The van der Waals surface area contributed by atoms with Crippen LogP contribution < -0.4 is 0 Å². The summed E-state index contributed by atoms with van der Waals surface area (Å²) in [6.07, 6.45) is 27.0. The van der Waals surface area contributed by atoms with E-state index < -0.39 is 0 Å². The summed E-state index contributed by atoms with van der Waals surface area (Å²) in [7, 11) is 0. The van der Waals surface area contributed by atoms with E-state index in [1.165, 1.54) is 28.5 Å². The van der Waals surface area contributed by atoms with E-state index in [0.717, 1.165) is 0 Å². The van der Waals surface area contributed by atoms with Crippen molar-refractivity contribution in [1.29, 1.82) is 5.41 Å². The molecule has 0 amide bonds. The summed E-state index contributed by atoms with van der Waals surface area (Å²) in [6, 6.07) is 0. The second kappa shape index (κ2) is 14.2. The predicted octanol–water partition coefficient (Wildman–Crippen LogP) is 7.06. The van der Waals surface area contributed by atoms with Crippen LogP contribution in [0.15, 0.2) is 95.2 Å². The van der Waals surface area contributed by atoms with Gasteiger partial charge in [-0.3, -0.25) is 0 Å². The lowest BCUT2D eigenvalue weighted by Gasteiger charge is -1.91. The molecule has 0 atom stereocenters. The van der Waals surface area contributed by atoms with Crippen molar-refractivity contribution in [1.82, 2.24) is 0 Å². The molecule has 0 rings (SSSR count). The van der Waals surface area contributed by atoms with Crippen molar-refractivity contribution in [2.45, 2.75) is 41.0 Å². The van der Waals surface area contributed by atoms with E-state index in [2.05, 4.69) is 69.4 Å². The Balaban J connectivity index is 4.54. The van der Waals surface area contributed by atoms with E-state index in [4.69, 9.17) is 5.41 Å². The van der Waals surface area contributed by atoms with Crippen LogP contribution in [0.5, 0.6) is 0 Å². The highest BCUT2D eigenvalue weighted by Gasteiger charge is 1.83. The van der Waals surface area contributed by atoms with Gasteiger partial charge in [-0.05, 0) is 40.8 Å². The first-order valence-corrected chi connectivity index (χ1v) is 8.32. The third-order valence-corrected chi connectivity index (χ3v) is 3.14. The minimum Gasteiger partial charge on any atom is -0.313 e. The minimum absolute atomic E-state index is 0.716. The van der Waals surface area contributed by atoms with Crippen molar-refractivity contribution in [3.8, 4) is 0 Å². The zero-order chi connectivity index (χ0) is 18.2. The highest BCUT2D eigenvalue weighted by Crippen LogP contribution is 2.02. The van der Waals surface area contributed by atoms with Crippen molar-refractivity contribution in [3.63, 3.8) is 0 Å². The van der Waals surface area contributed by atoms with Gasteiger partial charge in [0.05, 0.1) is 0 Å². The van der Waals surface area contributed by atoms with Crippen molar-refractivity contribution < 1.29 is 0 Å². The molecule has 1 nitrogen and oxygen atoms in total. The summed E-state index contributed by atoms with van der Waals surface area (Å²) in [6.45, 7) is 10.3. The molecule has 0 saturated heterocycles. The first-order valence-electron chi connectivity index (χ1n) is 8.32. The first-order chi connectivity index (χ1) is 11.5. The predicted molar refractivity (Wildman–Crippen MR) is 111 cm³/mol. The number of allylic oxidation sites excluding steroid dienone is 16. The molecule has 0 spiro atoms. The molecule has 1 heteroatoms. The van der Waals surface area contributed by atoms with E-state index in [1.807, 2.05) is 38.2 Å². The van der Waals surface area contributed by atoms with Crippen LogP contribution in [0.25, 0.3) is 0 Å². The van der Waals surface area contributed by atoms with Gasteiger partial charge < -0.3 is 5.41 Å². The molecule has 0 aliphatic rings. The van der Waals surface area contributed by atoms with Gasteiger partial charge in [-0.1, -0.05) is 95.2 Å². The Labute approximate surface area is 148 Å². The van der Waals surface area contributed by atoms with Gasteiger partial charge in [-0.15, -0.1) is 0 Å². The Morgan fingerprint density at radius 2 is 1.12 bits per heavy atom. The van der Waals surface area contributed by atoms with Crippen LogP contribution in [0.2, 0.25) is 0 Å². The van der Waals surface area contributed by atoms with Crippen molar-refractivity contribution in [3.05, 3.63) is 95.2 Å². The fourth-order valence-electron chi connectivity index (χ4n) is 1.79. The molecule has 0 heterocycles. The molecule has 0 aliphatic carbocycles. The highest BCUT2D eigenvalue weighted by atomic mass is 14.3. The summed E-state index contributed by atoms with van der Waals surface area (Å²) < 4.78 is 0. The monoisotopic (exact) mass is 321 g/mol. The van der Waals surface area contributed by atoms with Crippen LogP contribution in [0.4, 0.5) is 0 Å². The second-order valence-electron chi connectivity index (χ2n) is 5.76. The van der Waals surface area contributed by atoms with Gasteiger partial charge in [-0.2, -0.15) is 0 Å². The molecular weight excluding hydrogens is 290 g/mol. The minimum atomic E-state index is 0.716. The maximum Gasteiger partial charge on any atom is 0.00305 e. The van der Waals surface area contributed by atoms with E-state index >= 15 is 0 Å². The average molecular weight is 322 g/mol. The Bertz CT molecular complexity index is 614. The standard InChI is InChI=1S/C23H31N/c1-6-11-20(2)14-9-15-21(3)12-7-8-13-22(4)16-10-17-23(5)18-19-24/h6-17,19,24H,18H2,1-5H3/b8-7+,11-6?,15-9+,16-10+,20-14+,21-12+,22-13+,23-17-,24-19?. The number of hydrogen-bond acceptors (Lipinski definition) is 1. The molecule has 1 N–H and O–H groups in total. The van der Waals surface area contributed by atoms with E-state index in [0.29, 0.717) is 6.42 Å². The third-order valence-electron chi connectivity index (χ3n) is 3.14. The van der Waals surface area contributed by atoms with Crippen LogP contribution in [0.1, 0.15) is 41.0 Å². The van der Waals surface area contributed by atoms with Gasteiger partial charge in [0.1, 0.15) is 0 Å². The molecule has 0 unspecified atom stereocenters. The maximum absolute atomic E-state index is 7.05. The van der Waals surface area contributed by atoms with Crippen molar-refractivity contribution in [2.24, 2.45) is 0 Å². The summed E-state index contributed by atoms with van der Waals surface area (Å²) in [5.74, 6) is 0. The molecule has 0 radical (unpaired) electrons. The van der Waals surface area contributed by atoms with Crippen LogP contribution in [0, 0.1) is 5.41 Å². The SMILES string of the molecule is CC=C/C(C)=C/C=C/C(C)=C/C=C/C=C(C)/C=C/C=C(/C)CC=N. The summed E-state index contributed by atoms with van der Waals surface area (Å²) in [5.41, 5.74) is 4.83. The van der Waals surface area contributed by atoms with Gasteiger partial charge in [0.15, 0.2) is 0 Å². The van der Waals surface area contributed by atoms with Gasteiger partial charge in [0, 0.05) is 6.42 Å². The van der Waals surface area contributed by atoms with Crippen LogP contribution in [0.3, 0.4) is 0 Å². The van der Waals surface area contributed by atoms with E-state index in [9.17, 15) is 0 Å². The Hall–Kier alpha value is -2.41. The molecule has 0 aromatic rings. The van der Waals surface area contributed by atoms with Gasteiger partial charge in [0.2, 0.25) is 0 Å². The normalized spacial score (nSPS) is 15.5. The van der Waals surface area contributed by atoms with Crippen LogP contribution in [-0.4, -0.2) is 6.21 Å². The van der Waals surface area contributed by atoms with Crippen LogP contribution in [-0.2, 0) is 0 Å². The zero-order valence-electron chi connectivity index (χ0n) is 15.7. The maximum atomic E-state index is 7.05. The molecule has 128 valence electrons. The lowest BCUT2D eigenvalue weighted by molar-refractivity contribution is 1.27. The molecule has 0 bridgehead atoms. The molecule has 0 aromatic carbocycles. The molecular formula is C23H31N. The van der Waals surface area contributed by atoms with Crippen molar-refractivity contribution >= 4 is 6.21 Å². The number of nitrogens with one attached hydrogen (secondary N) is 1. The molecule has 0 aromatic heterocycles. The van der Waals surface area contributed by atoms with E-state index in [-0.39, 0.29) is 0 Å². The summed E-state index contributed by atoms with van der Waals surface area (Å²) >= 11 is 0. The number of rotatable bonds is 9. The largest absolute Gasteiger partial charge is 0.313 e. The molecule has 0 saturated carbocycles. The van der Waals surface area contributed by atoms with E-state index in [1.54, 1.807) is 0 Å². The Kier molecular flexibility index (Phi) is 12.8. The molecule has 0 aliphatic heterocycles. The Morgan fingerprint density at radius 3 is 1.62 bits per heavy atom. The smallest absolute Gasteiger partial charge is 0.00305 e. The lowest BCUT2D eigenvalue weighted by Crippen LogP contribution is -1.75.